The SMILES string of the molecule is CCO/N=C(/C)c1ccoc1. The minimum absolute atomic E-state index is 0.592. The predicted octanol–water partition coefficient (Wildman–Crippen LogP) is 2.04. The van der Waals surface area contributed by atoms with Crippen molar-refractivity contribution in [2.24, 2.45) is 5.16 Å². The van der Waals surface area contributed by atoms with Crippen LogP contribution in [0.2, 0.25) is 0 Å². The average Bonchev–Trinajstić information content (AvgIpc) is 2.52. The summed E-state index contributed by atoms with van der Waals surface area (Å²) >= 11 is 0. The molecule has 1 aromatic heterocycles. The fourth-order valence-electron chi connectivity index (χ4n) is 0.684. The zero-order valence-corrected chi connectivity index (χ0v) is 6.70. The van der Waals surface area contributed by atoms with Crippen LogP contribution in [0.3, 0.4) is 0 Å². The Morgan fingerprint density at radius 2 is 2.55 bits per heavy atom. The lowest BCUT2D eigenvalue weighted by Gasteiger charge is -1.94. The lowest BCUT2D eigenvalue weighted by atomic mass is 10.2. The summed E-state index contributed by atoms with van der Waals surface area (Å²) in [5.74, 6) is 0. The summed E-state index contributed by atoms with van der Waals surface area (Å²) in [5, 5.41) is 3.84. The van der Waals surface area contributed by atoms with Crippen LogP contribution < -0.4 is 0 Å². The van der Waals surface area contributed by atoms with Gasteiger partial charge >= 0.3 is 0 Å². The van der Waals surface area contributed by atoms with E-state index in [1.807, 2.05) is 19.9 Å². The summed E-state index contributed by atoms with van der Waals surface area (Å²) in [4.78, 5) is 4.87. The van der Waals surface area contributed by atoms with Gasteiger partial charge in [0.15, 0.2) is 0 Å². The first-order valence-electron chi connectivity index (χ1n) is 3.53. The molecule has 3 nitrogen and oxygen atoms in total. The van der Waals surface area contributed by atoms with E-state index in [0.29, 0.717) is 6.61 Å². The highest BCUT2D eigenvalue weighted by atomic mass is 16.6. The summed E-state index contributed by atoms with van der Waals surface area (Å²) < 4.78 is 4.88. The Morgan fingerprint density at radius 1 is 1.73 bits per heavy atom. The molecule has 60 valence electrons. The van der Waals surface area contributed by atoms with E-state index < -0.39 is 0 Å². The van der Waals surface area contributed by atoms with E-state index in [9.17, 15) is 0 Å². The molecule has 1 rings (SSSR count). The first kappa shape index (κ1) is 7.85. The third-order valence-corrected chi connectivity index (χ3v) is 1.27. The molecule has 0 fully saturated rings. The highest BCUT2D eigenvalue weighted by Crippen LogP contribution is 2.01. The Kier molecular flexibility index (Phi) is 2.72. The Balaban J connectivity index is 2.62. The van der Waals surface area contributed by atoms with E-state index in [1.54, 1.807) is 12.5 Å². The summed E-state index contributed by atoms with van der Waals surface area (Å²) in [6.45, 7) is 4.36. The van der Waals surface area contributed by atoms with Gasteiger partial charge in [0.25, 0.3) is 0 Å². The van der Waals surface area contributed by atoms with Gasteiger partial charge in [0.2, 0.25) is 0 Å². The fraction of sp³-hybridized carbons (Fsp3) is 0.375. The van der Waals surface area contributed by atoms with E-state index in [-0.39, 0.29) is 0 Å². The third-order valence-electron chi connectivity index (χ3n) is 1.27. The van der Waals surface area contributed by atoms with E-state index in [2.05, 4.69) is 5.16 Å². The Hall–Kier alpha value is -1.25. The molecule has 0 aliphatic rings. The van der Waals surface area contributed by atoms with Gasteiger partial charge < -0.3 is 9.25 Å². The highest BCUT2D eigenvalue weighted by Gasteiger charge is 1.97. The smallest absolute Gasteiger partial charge is 0.114 e. The van der Waals surface area contributed by atoms with Crippen molar-refractivity contribution in [3.05, 3.63) is 24.2 Å². The fourth-order valence-corrected chi connectivity index (χ4v) is 0.684. The lowest BCUT2D eigenvalue weighted by molar-refractivity contribution is 0.159. The molecule has 0 aliphatic carbocycles. The van der Waals surface area contributed by atoms with Gasteiger partial charge in [-0.3, -0.25) is 0 Å². The van der Waals surface area contributed by atoms with Crippen LogP contribution in [0, 0.1) is 0 Å². The van der Waals surface area contributed by atoms with Gasteiger partial charge in [0.1, 0.15) is 6.61 Å². The van der Waals surface area contributed by atoms with Crippen molar-refractivity contribution in [1.29, 1.82) is 0 Å². The summed E-state index contributed by atoms with van der Waals surface area (Å²) in [7, 11) is 0. The van der Waals surface area contributed by atoms with Crippen LogP contribution in [-0.4, -0.2) is 12.3 Å². The van der Waals surface area contributed by atoms with Crippen molar-refractivity contribution in [3.8, 4) is 0 Å². The van der Waals surface area contributed by atoms with Crippen molar-refractivity contribution < 1.29 is 9.25 Å². The van der Waals surface area contributed by atoms with Gasteiger partial charge in [0, 0.05) is 5.56 Å². The molecule has 0 saturated carbocycles. The second-order valence-corrected chi connectivity index (χ2v) is 2.11. The molecule has 0 amide bonds. The second kappa shape index (κ2) is 3.81. The number of hydrogen-bond acceptors (Lipinski definition) is 3. The third kappa shape index (κ3) is 2.11. The van der Waals surface area contributed by atoms with E-state index >= 15 is 0 Å². The van der Waals surface area contributed by atoms with Crippen molar-refractivity contribution >= 4 is 5.71 Å². The first-order valence-corrected chi connectivity index (χ1v) is 3.53. The molecule has 1 aromatic rings. The summed E-state index contributed by atoms with van der Waals surface area (Å²) in [5.41, 5.74) is 1.79. The number of rotatable bonds is 3. The quantitative estimate of drug-likeness (QED) is 0.492. The monoisotopic (exact) mass is 153 g/mol. The van der Waals surface area contributed by atoms with Crippen LogP contribution in [-0.2, 0) is 4.84 Å². The second-order valence-electron chi connectivity index (χ2n) is 2.11. The maximum Gasteiger partial charge on any atom is 0.114 e. The number of furan rings is 1. The molecule has 0 bridgehead atoms. The normalized spacial score (nSPS) is 11.6. The molecule has 0 aliphatic heterocycles. The van der Waals surface area contributed by atoms with Crippen LogP contribution in [0.15, 0.2) is 28.2 Å². The molecule has 0 atom stereocenters. The van der Waals surface area contributed by atoms with Crippen molar-refractivity contribution in [2.75, 3.05) is 6.61 Å². The van der Waals surface area contributed by atoms with Crippen LogP contribution in [0.1, 0.15) is 19.4 Å². The standard InChI is InChI=1S/C8H11NO2/c1-3-11-9-7(2)8-4-5-10-6-8/h4-6H,3H2,1-2H3/b9-7-. The highest BCUT2D eigenvalue weighted by molar-refractivity contribution is 5.97. The minimum Gasteiger partial charge on any atom is -0.472 e. The molecule has 0 saturated heterocycles. The molecule has 3 heteroatoms. The van der Waals surface area contributed by atoms with E-state index in [4.69, 9.17) is 9.25 Å². The Morgan fingerprint density at radius 3 is 3.09 bits per heavy atom. The molecular weight excluding hydrogens is 142 g/mol. The van der Waals surface area contributed by atoms with Crippen molar-refractivity contribution in [1.82, 2.24) is 0 Å². The van der Waals surface area contributed by atoms with Crippen molar-refractivity contribution in [3.63, 3.8) is 0 Å². The summed E-state index contributed by atoms with van der Waals surface area (Å²) in [6, 6.07) is 1.85. The first-order chi connectivity index (χ1) is 5.34. The average molecular weight is 153 g/mol. The molecule has 0 radical (unpaired) electrons. The number of oxime groups is 1. The lowest BCUT2D eigenvalue weighted by Crippen LogP contribution is -1.93. The van der Waals surface area contributed by atoms with Gasteiger partial charge in [-0.1, -0.05) is 5.16 Å². The minimum atomic E-state index is 0.592. The molecule has 0 aromatic carbocycles. The molecule has 1 heterocycles. The van der Waals surface area contributed by atoms with Crippen LogP contribution in [0.25, 0.3) is 0 Å². The summed E-state index contributed by atoms with van der Waals surface area (Å²) in [6.07, 6.45) is 3.25. The predicted molar refractivity (Wildman–Crippen MR) is 42.5 cm³/mol. The molecule has 0 N–H and O–H groups in total. The molecule has 11 heavy (non-hydrogen) atoms. The van der Waals surface area contributed by atoms with Crippen molar-refractivity contribution in [2.45, 2.75) is 13.8 Å². The van der Waals surface area contributed by atoms with Gasteiger partial charge in [-0.05, 0) is 19.9 Å². The van der Waals surface area contributed by atoms with E-state index in [0.717, 1.165) is 11.3 Å². The van der Waals surface area contributed by atoms with Crippen LogP contribution >= 0.6 is 0 Å². The number of nitrogens with zero attached hydrogens (tertiary/aromatic N) is 1. The molecular formula is C8H11NO2. The van der Waals surface area contributed by atoms with Crippen LogP contribution in [0.5, 0.6) is 0 Å². The zero-order chi connectivity index (χ0) is 8.10. The maximum atomic E-state index is 4.88. The van der Waals surface area contributed by atoms with Crippen LogP contribution in [0.4, 0.5) is 0 Å². The topological polar surface area (TPSA) is 34.7 Å². The maximum absolute atomic E-state index is 4.88. The Labute approximate surface area is 65.6 Å². The molecule has 0 spiro atoms. The van der Waals surface area contributed by atoms with E-state index in [1.165, 1.54) is 0 Å². The van der Waals surface area contributed by atoms with Gasteiger partial charge in [0.05, 0.1) is 18.2 Å². The van der Waals surface area contributed by atoms with Gasteiger partial charge in [-0.25, -0.2) is 0 Å². The van der Waals surface area contributed by atoms with Gasteiger partial charge in [-0.2, -0.15) is 0 Å². The largest absolute Gasteiger partial charge is 0.472 e. The van der Waals surface area contributed by atoms with Gasteiger partial charge in [-0.15, -0.1) is 0 Å². The number of hydrogen-bond donors (Lipinski definition) is 0. The zero-order valence-electron chi connectivity index (χ0n) is 6.70. The molecule has 0 unspecified atom stereocenters. The Bertz CT molecular complexity index is 226.